The van der Waals surface area contributed by atoms with Crippen molar-refractivity contribution in [2.24, 2.45) is 5.10 Å². The number of methoxy groups -OCH3 is 1. The van der Waals surface area contributed by atoms with Crippen LogP contribution in [0.2, 0.25) is 0 Å². The molecular weight excluding hydrogens is 573 g/mol. The van der Waals surface area contributed by atoms with Crippen LogP contribution in [-0.4, -0.2) is 41.7 Å². The zero-order valence-electron chi connectivity index (χ0n) is 20.0. The number of fused-ring (bicyclic) bond motifs is 1. The molecule has 0 fully saturated rings. The van der Waals surface area contributed by atoms with Crippen molar-refractivity contribution in [3.63, 3.8) is 0 Å². The molecule has 0 spiro atoms. The van der Waals surface area contributed by atoms with Crippen LogP contribution in [0.5, 0.6) is 11.5 Å². The number of nitrogens with zero attached hydrogens (tertiary/aromatic N) is 3. The number of rotatable bonds is 8. The van der Waals surface area contributed by atoms with Crippen LogP contribution in [0.3, 0.4) is 0 Å². The predicted molar refractivity (Wildman–Crippen MR) is 147 cm³/mol. The van der Waals surface area contributed by atoms with Gasteiger partial charge in [0.1, 0.15) is 0 Å². The van der Waals surface area contributed by atoms with Crippen molar-refractivity contribution >= 4 is 45.7 Å². The number of esters is 1. The summed E-state index contributed by atoms with van der Waals surface area (Å²) < 4.78 is 18.4. The smallest absolute Gasteiger partial charge is 0.347 e. The van der Waals surface area contributed by atoms with E-state index in [0.717, 1.165) is 5.56 Å². The second-order valence-electron chi connectivity index (χ2n) is 7.73. The Kier molecular flexibility index (Phi) is 7.99. The van der Waals surface area contributed by atoms with Gasteiger partial charge in [-0.25, -0.2) is 9.78 Å². The lowest BCUT2D eigenvalue weighted by molar-refractivity contribution is -0.150. The van der Waals surface area contributed by atoms with Crippen molar-refractivity contribution in [3.05, 3.63) is 86.2 Å². The van der Waals surface area contributed by atoms with Crippen molar-refractivity contribution in [1.82, 2.24) is 9.66 Å². The van der Waals surface area contributed by atoms with Crippen LogP contribution in [0.4, 0.5) is 0 Å². The van der Waals surface area contributed by atoms with Crippen molar-refractivity contribution in [2.75, 3.05) is 13.7 Å². The van der Waals surface area contributed by atoms with E-state index in [2.05, 4.69) is 27.7 Å². The molecule has 1 aromatic heterocycles. The molecule has 0 aliphatic rings. The number of hydrogen-bond donors (Lipinski definition) is 0. The Hall–Kier alpha value is -3.73. The number of para-hydroxylation sites is 1. The van der Waals surface area contributed by atoms with Crippen LogP contribution in [0.1, 0.15) is 19.4 Å². The molecule has 3 aromatic carbocycles. The molecule has 4 aromatic rings. The fraction of sp³-hybridized carbons (Fsp3) is 0.185. The molecule has 0 bridgehead atoms. The normalized spacial score (nSPS) is 12.0. The van der Waals surface area contributed by atoms with Gasteiger partial charge in [0.15, 0.2) is 23.4 Å². The highest BCUT2D eigenvalue weighted by Gasteiger charge is 2.20. The molecule has 8 nitrogen and oxygen atoms in total. The summed E-state index contributed by atoms with van der Waals surface area (Å²) in [6.45, 7) is 3.62. The van der Waals surface area contributed by atoms with Crippen LogP contribution in [0, 0.1) is 3.57 Å². The molecule has 1 heterocycles. The fourth-order valence-electron chi connectivity index (χ4n) is 3.54. The van der Waals surface area contributed by atoms with E-state index >= 15 is 0 Å². The summed E-state index contributed by atoms with van der Waals surface area (Å²) in [5.74, 6) is 0.815. The molecule has 0 aliphatic heterocycles. The van der Waals surface area contributed by atoms with E-state index in [-0.39, 0.29) is 12.2 Å². The first-order valence-corrected chi connectivity index (χ1v) is 12.3. The number of carbonyl (C=O) groups is 1. The largest absolute Gasteiger partial charge is 0.493 e. The van der Waals surface area contributed by atoms with Crippen LogP contribution in [0.15, 0.2) is 76.6 Å². The van der Waals surface area contributed by atoms with Crippen molar-refractivity contribution in [1.29, 1.82) is 0 Å². The number of carbonyl (C=O) groups excluding carboxylic acids is 1. The van der Waals surface area contributed by atoms with Gasteiger partial charge in [-0.15, -0.1) is 0 Å². The first-order valence-electron chi connectivity index (χ1n) is 11.2. The van der Waals surface area contributed by atoms with Gasteiger partial charge in [-0.05, 0) is 66.3 Å². The summed E-state index contributed by atoms with van der Waals surface area (Å²) in [6, 6.07) is 20.1. The maximum Gasteiger partial charge on any atom is 0.347 e. The minimum atomic E-state index is -0.803. The Morgan fingerprint density at radius 1 is 1.14 bits per heavy atom. The third kappa shape index (κ3) is 5.40. The van der Waals surface area contributed by atoms with Crippen molar-refractivity contribution in [2.45, 2.75) is 20.0 Å². The maximum absolute atomic E-state index is 13.3. The minimum Gasteiger partial charge on any atom is -0.493 e. The van der Waals surface area contributed by atoms with E-state index in [4.69, 9.17) is 19.2 Å². The van der Waals surface area contributed by atoms with Gasteiger partial charge < -0.3 is 14.2 Å². The standard InChI is InChI=1S/C27H24IN3O5/c1-4-35-27(33)17(2)36-24-21(28)14-18(15-23(24)34-3)16-29-31-25(19-10-6-5-7-11-19)30-22-13-9-8-12-20(22)26(31)32/h5-17H,4H2,1-3H3/t17-/m1/s1. The Balaban J connectivity index is 1.75. The van der Waals surface area contributed by atoms with E-state index < -0.39 is 12.1 Å². The number of ether oxygens (including phenoxy) is 3. The van der Waals surface area contributed by atoms with E-state index in [1.807, 2.05) is 42.5 Å². The van der Waals surface area contributed by atoms with Crippen LogP contribution in [-0.2, 0) is 9.53 Å². The lowest BCUT2D eigenvalue weighted by Gasteiger charge is -2.17. The molecule has 9 heteroatoms. The lowest BCUT2D eigenvalue weighted by atomic mass is 10.2. The quantitative estimate of drug-likeness (QED) is 0.163. The van der Waals surface area contributed by atoms with Gasteiger partial charge in [0.05, 0.1) is 34.4 Å². The molecule has 0 aliphatic carbocycles. The first-order chi connectivity index (χ1) is 17.4. The topological polar surface area (TPSA) is 92.0 Å². The average Bonchev–Trinajstić information content (AvgIpc) is 2.89. The Morgan fingerprint density at radius 2 is 1.86 bits per heavy atom. The molecule has 0 unspecified atom stereocenters. The second kappa shape index (κ2) is 11.3. The van der Waals surface area contributed by atoms with Gasteiger partial charge >= 0.3 is 5.97 Å². The number of aromatic nitrogens is 2. The summed E-state index contributed by atoms with van der Waals surface area (Å²) in [5, 5.41) is 4.98. The summed E-state index contributed by atoms with van der Waals surface area (Å²) in [7, 11) is 1.51. The number of hydrogen-bond acceptors (Lipinski definition) is 7. The molecule has 184 valence electrons. The molecule has 0 saturated carbocycles. The molecular formula is C27H24IN3O5. The van der Waals surface area contributed by atoms with Gasteiger partial charge in [0, 0.05) is 5.56 Å². The molecule has 0 amide bonds. The molecule has 0 saturated heterocycles. The van der Waals surface area contributed by atoms with Crippen molar-refractivity contribution in [3.8, 4) is 22.9 Å². The Bertz CT molecular complexity index is 1480. The van der Waals surface area contributed by atoms with E-state index in [1.165, 1.54) is 11.8 Å². The SMILES string of the molecule is CCOC(=O)[C@@H](C)Oc1c(I)cc(C=Nn2c(-c3ccccc3)nc3ccccc3c2=O)cc1OC. The maximum atomic E-state index is 13.3. The predicted octanol–water partition coefficient (Wildman–Crippen LogP) is 4.89. The third-order valence-electron chi connectivity index (χ3n) is 5.27. The number of halogens is 1. The van der Waals surface area contributed by atoms with Gasteiger partial charge in [-0.3, -0.25) is 4.79 Å². The third-order valence-corrected chi connectivity index (χ3v) is 6.07. The molecule has 1 atom stereocenters. The summed E-state index contributed by atoms with van der Waals surface area (Å²) >= 11 is 2.10. The van der Waals surface area contributed by atoms with Crippen LogP contribution < -0.4 is 15.0 Å². The average molecular weight is 597 g/mol. The van der Waals surface area contributed by atoms with Gasteiger partial charge in [-0.2, -0.15) is 9.78 Å². The monoisotopic (exact) mass is 597 g/mol. The zero-order valence-corrected chi connectivity index (χ0v) is 22.1. The Morgan fingerprint density at radius 3 is 2.58 bits per heavy atom. The lowest BCUT2D eigenvalue weighted by Crippen LogP contribution is -2.26. The summed E-state index contributed by atoms with van der Waals surface area (Å²) in [6.07, 6.45) is 0.760. The van der Waals surface area contributed by atoms with Gasteiger partial charge in [0.25, 0.3) is 5.56 Å². The Labute approximate surface area is 221 Å². The highest BCUT2D eigenvalue weighted by Crippen LogP contribution is 2.34. The van der Waals surface area contributed by atoms with E-state index in [0.29, 0.717) is 37.4 Å². The van der Waals surface area contributed by atoms with Gasteiger partial charge in [-0.1, -0.05) is 42.5 Å². The van der Waals surface area contributed by atoms with Crippen LogP contribution >= 0.6 is 22.6 Å². The second-order valence-corrected chi connectivity index (χ2v) is 8.89. The molecule has 0 radical (unpaired) electrons. The van der Waals surface area contributed by atoms with Crippen LogP contribution in [0.25, 0.3) is 22.3 Å². The fourth-order valence-corrected chi connectivity index (χ4v) is 4.30. The van der Waals surface area contributed by atoms with E-state index in [9.17, 15) is 9.59 Å². The summed E-state index contributed by atoms with van der Waals surface area (Å²) in [5.41, 5.74) is 1.76. The minimum absolute atomic E-state index is 0.268. The first kappa shape index (κ1) is 25.4. The summed E-state index contributed by atoms with van der Waals surface area (Å²) in [4.78, 5) is 30.1. The molecule has 0 N–H and O–H groups in total. The molecule has 4 rings (SSSR count). The zero-order chi connectivity index (χ0) is 25.7. The highest BCUT2D eigenvalue weighted by atomic mass is 127. The number of benzene rings is 3. The van der Waals surface area contributed by atoms with Crippen molar-refractivity contribution < 1.29 is 19.0 Å². The van der Waals surface area contributed by atoms with Gasteiger partial charge in [0.2, 0.25) is 0 Å². The molecule has 36 heavy (non-hydrogen) atoms. The van der Waals surface area contributed by atoms with E-state index in [1.54, 1.807) is 44.3 Å². The highest BCUT2D eigenvalue weighted by molar-refractivity contribution is 14.1.